The first kappa shape index (κ1) is 27.3. The van der Waals surface area contributed by atoms with Crippen molar-refractivity contribution in [3.05, 3.63) is 48.6 Å². The van der Waals surface area contributed by atoms with Crippen molar-refractivity contribution >= 4 is 17.8 Å². The van der Waals surface area contributed by atoms with Gasteiger partial charge in [0, 0.05) is 13.1 Å². The molecule has 1 aromatic carbocycles. The Hall–Kier alpha value is -2.71. The van der Waals surface area contributed by atoms with Crippen LogP contribution in [0.25, 0.3) is 0 Å². The Labute approximate surface area is 219 Å². The second-order valence-electron chi connectivity index (χ2n) is 10.7. The first-order valence-corrected chi connectivity index (χ1v) is 13.5. The predicted molar refractivity (Wildman–Crippen MR) is 138 cm³/mol. The minimum atomic E-state index is -1.14. The highest BCUT2D eigenvalue weighted by molar-refractivity contribution is 5.98. The van der Waals surface area contributed by atoms with E-state index in [4.69, 9.17) is 9.47 Å². The van der Waals surface area contributed by atoms with Crippen LogP contribution in [0.3, 0.4) is 0 Å². The lowest BCUT2D eigenvalue weighted by Gasteiger charge is -2.39. The average molecular weight is 513 g/mol. The maximum absolute atomic E-state index is 14.3. The van der Waals surface area contributed by atoms with Crippen LogP contribution in [0.15, 0.2) is 43.0 Å². The topological polar surface area (TPSA) is 96.4 Å². The van der Waals surface area contributed by atoms with Crippen LogP contribution in [0, 0.1) is 11.8 Å². The highest BCUT2D eigenvalue weighted by atomic mass is 16.6. The van der Waals surface area contributed by atoms with Gasteiger partial charge < -0.3 is 24.4 Å². The van der Waals surface area contributed by atoms with E-state index in [1.807, 2.05) is 37.3 Å². The molecule has 2 bridgehead atoms. The van der Waals surface area contributed by atoms with Gasteiger partial charge in [-0.05, 0) is 45.1 Å². The number of likely N-dealkylation sites (tertiary alicyclic amines) is 1. The summed E-state index contributed by atoms with van der Waals surface area (Å²) in [6.45, 7) is 10.2. The van der Waals surface area contributed by atoms with Gasteiger partial charge in [0.05, 0.1) is 30.8 Å². The molecule has 1 N–H and O–H groups in total. The summed E-state index contributed by atoms with van der Waals surface area (Å²) in [5.74, 6) is -2.63. The predicted octanol–water partition coefficient (Wildman–Crippen LogP) is 2.73. The highest BCUT2D eigenvalue weighted by Crippen LogP contribution is 2.63. The van der Waals surface area contributed by atoms with Gasteiger partial charge in [0.1, 0.15) is 17.6 Å². The second kappa shape index (κ2) is 11.0. The van der Waals surface area contributed by atoms with E-state index in [1.54, 1.807) is 22.8 Å². The summed E-state index contributed by atoms with van der Waals surface area (Å²) in [5.41, 5.74) is -1.07. The fourth-order valence-electron chi connectivity index (χ4n) is 6.73. The molecule has 8 nitrogen and oxygen atoms in total. The molecule has 0 aliphatic carbocycles. The van der Waals surface area contributed by atoms with Crippen LogP contribution < -0.4 is 0 Å². The molecule has 3 saturated heterocycles. The van der Waals surface area contributed by atoms with Crippen LogP contribution in [0.1, 0.15) is 52.0 Å². The number of carbonyl (C=O) groups excluding carboxylic acids is 3. The number of benzene rings is 1. The average Bonchev–Trinajstić information content (AvgIpc) is 3.46. The Morgan fingerprint density at radius 3 is 2.65 bits per heavy atom. The van der Waals surface area contributed by atoms with Crippen LogP contribution in [-0.4, -0.2) is 82.3 Å². The molecular formula is C29H40N2O6. The number of unbranched alkanes of at least 4 members (excludes halogenated alkanes) is 1. The third-order valence-corrected chi connectivity index (χ3v) is 8.35. The summed E-state index contributed by atoms with van der Waals surface area (Å²) in [7, 11) is 0. The zero-order valence-corrected chi connectivity index (χ0v) is 22.2. The lowest BCUT2D eigenvalue weighted by molar-refractivity contribution is -0.161. The summed E-state index contributed by atoms with van der Waals surface area (Å²) in [5, 5.41) is 10.5. The number of nitrogens with zero attached hydrogens (tertiary/aromatic N) is 2. The number of ether oxygens (including phenoxy) is 2. The molecule has 8 heteroatoms. The maximum atomic E-state index is 14.3. The van der Waals surface area contributed by atoms with Crippen molar-refractivity contribution in [3.8, 4) is 0 Å². The molecule has 4 rings (SSSR count). The van der Waals surface area contributed by atoms with Gasteiger partial charge in [-0.15, -0.1) is 6.58 Å². The number of aliphatic hydroxyl groups excluding tert-OH is 1. The van der Waals surface area contributed by atoms with Crippen molar-refractivity contribution in [3.63, 3.8) is 0 Å². The molecule has 1 aromatic rings. The fraction of sp³-hybridized carbons (Fsp3) is 0.621. The van der Waals surface area contributed by atoms with Gasteiger partial charge in [-0.2, -0.15) is 0 Å². The summed E-state index contributed by atoms with van der Waals surface area (Å²) in [4.78, 5) is 45.0. The van der Waals surface area contributed by atoms with Crippen LogP contribution in [0.4, 0.5) is 0 Å². The second-order valence-corrected chi connectivity index (χ2v) is 10.7. The summed E-state index contributed by atoms with van der Waals surface area (Å²) < 4.78 is 12.0. The SMILES string of the molecule is C=CCN(CCCC)C(=O)C1N([C@@H](CO)Cc2ccccc2)C(=O)[C@@H]2[C@@H](C(=O)OCC)[C@@]3(C)CCC12O3. The monoisotopic (exact) mass is 512 g/mol. The molecule has 0 saturated carbocycles. The Morgan fingerprint density at radius 1 is 1.30 bits per heavy atom. The van der Waals surface area contributed by atoms with Gasteiger partial charge in [0.15, 0.2) is 0 Å². The molecule has 3 fully saturated rings. The Morgan fingerprint density at radius 2 is 2.03 bits per heavy atom. The number of fused-ring (bicyclic) bond motifs is 1. The van der Waals surface area contributed by atoms with Gasteiger partial charge in [0.2, 0.25) is 11.8 Å². The molecule has 3 aliphatic rings. The lowest BCUT2D eigenvalue weighted by atomic mass is 9.66. The van der Waals surface area contributed by atoms with Crippen LogP contribution in [-0.2, 0) is 30.3 Å². The van der Waals surface area contributed by atoms with Crippen molar-refractivity contribution in [2.24, 2.45) is 11.8 Å². The smallest absolute Gasteiger partial charge is 0.312 e. The van der Waals surface area contributed by atoms with E-state index in [-0.39, 0.29) is 25.0 Å². The Bertz CT molecular complexity index is 1010. The van der Waals surface area contributed by atoms with Gasteiger partial charge in [-0.25, -0.2) is 0 Å². The number of rotatable bonds is 12. The number of hydrogen-bond donors (Lipinski definition) is 1. The van der Waals surface area contributed by atoms with Crippen LogP contribution in [0.2, 0.25) is 0 Å². The molecule has 2 unspecified atom stereocenters. The van der Waals surface area contributed by atoms with Gasteiger partial charge >= 0.3 is 5.97 Å². The minimum Gasteiger partial charge on any atom is -0.466 e. The molecule has 2 amide bonds. The third kappa shape index (κ3) is 4.59. The number of hydrogen-bond acceptors (Lipinski definition) is 6. The van der Waals surface area contributed by atoms with Crippen molar-refractivity contribution in [2.45, 2.75) is 76.2 Å². The van der Waals surface area contributed by atoms with Crippen LogP contribution in [0.5, 0.6) is 0 Å². The van der Waals surface area contributed by atoms with E-state index in [1.165, 1.54) is 0 Å². The standard InChI is InChI=1S/C29H40N2O6/c1-5-8-17-30(16-6-2)26(34)24-29-15-14-28(4,37-29)23(27(35)36-7-3)22(29)25(33)31(24)21(19-32)18-20-12-10-9-11-13-20/h6,9-13,21-24,32H,2,5,7-8,14-19H2,1,3-4H3/t21-,22+,23+,24?,28-,29?/m1/s1. The number of amides is 2. The summed E-state index contributed by atoms with van der Waals surface area (Å²) >= 11 is 0. The summed E-state index contributed by atoms with van der Waals surface area (Å²) in [6.07, 6.45) is 4.84. The van der Waals surface area contributed by atoms with Crippen LogP contribution >= 0.6 is 0 Å². The van der Waals surface area contributed by atoms with E-state index in [9.17, 15) is 19.5 Å². The molecule has 3 aliphatic heterocycles. The zero-order valence-electron chi connectivity index (χ0n) is 22.2. The van der Waals surface area contributed by atoms with Crippen molar-refractivity contribution < 1.29 is 29.0 Å². The van der Waals surface area contributed by atoms with Gasteiger partial charge in [-0.3, -0.25) is 14.4 Å². The van der Waals surface area contributed by atoms with Crippen molar-refractivity contribution in [2.75, 3.05) is 26.3 Å². The van der Waals surface area contributed by atoms with E-state index in [0.717, 1.165) is 18.4 Å². The van der Waals surface area contributed by atoms with E-state index in [2.05, 4.69) is 13.5 Å². The van der Waals surface area contributed by atoms with E-state index < -0.39 is 41.1 Å². The number of aliphatic hydroxyl groups is 1. The van der Waals surface area contributed by atoms with Gasteiger partial charge in [0.25, 0.3) is 0 Å². The van der Waals surface area contributed by atoms with Gasteiger partial charge in [-0.1, -0.05) is 49.8 Å². The minimum absolute atomic E-state index is 0.197. The Balaban J connectivity index is 1.79. The lowest BCUT2D eigenvalue weighted by Crippen LogP contribution is -2.59. The van der Waals surface area contributed by atoms with E-state index in [0.29, 0.717) is 32.4 Å². The molecular weight excluding hydrogens is 472 g/mol. The largest absolute Gasteiger partial charge is 0.466 e. The normalized spacial score (nSPS) is 30.8. The molecule has 37 heavy (non-hydrogen) atoms. The molecule has 0 aromatic heterocycles. The Kier molecular flexibility index (Phi) is 8.09. The molecule has 202 valence electrons. The zero-order chi connectivity index (χ0) is 26.8. The van der Waals surface area contributed by atoms with Crippen molar-refractivity contribution in [1.29, 1.82) is 0 Å². The fourth-order valence-corrected chi connectivity index (χ4v) is 6.73. The number of carbonyl (C=O) groups is 3. The highest BCUT2D eigenvalue weighted by Gasteiger charge is 2.79. The number of esters is 1. The molecule has 3 heterocycles. The molecule has 0 radical (unpaired) electrons. The third-order valence-electron chi connectivity index (χ3n) is 8.35. The first-order chi connectivity index (χ1) is 17.8. The first-order valence-electron chi connectivity index (χ1n) is 13.5. The van der Waals surface area contributed by atoms with E-state index >= 15 is 0 Å². The van der Waals surface area contributed by atoms with Crippen molar-refractivity contribution in [1.82, 2.24) is 9.80 Å². The molecule has 6 atom stereocenters. The summed E-state index contributed by atoms with van der Waals surface area (Å²) in [6, 6.07) is 8.02. The maximum Gasteiger partial charge on any atom is 0.312 e. The molecule has 1 spiro atoms. The quantitative estimate of drug-likeness (QED) is 0.342.